The van der Waals surface area contributed by atoms with Gasteiger partial charge in [0.15, 0.2) is 0 Å². The fourth-order valence-electron chi connectivity index (χ4n) is 2.23. The molecular formula is C14H32N2. The van der Waals surface area contributed by atoms with Gasteiger partial charge < -0.3 is 10.2 Å². The third-order valence-corrected chi connectivity index (χ3v) is 3.88. The van der Waals surface area contributed by atoms with Gasteiger partial charge in [0.2, 0.25) is 0 Å². The first-order valence-electron chi connectivity index (χ1n) is 7.11. The maximum atomic E-state index is 3.60. The fourth-order valence-corrected chi connectivity index (χ4v) is 2.23. The first-order chi connectivity index (χ1) is 7.67. The Balaban J connectivity index is 4.29. The van der Waals surface area contributed by atoms with Crippen LogP contribution in [0.3, 0.4) is 0 Å². The van der Waals surface area contributed by atoms with Crippen LogP contribution in [-0.2, 0) is 0 Å². The summed E-state index contributed by atoms with van der Waals surface area (Å²) < 4.78 is 0. The standard InChI is InChI=1S/C14H32N2/c1-6-11-15-12-14(7-2,8-3)13-16(9-4)10-5/h15H,6-13H2,1-5H3. The average Bonchev–Trinajstić information content (AvgIpc) is 2.34. The number of hydrogen-bond donors (Lipinski definition) is 1. The Morgan fingerprint density at radius 3 is 1.88 bits per heavy atom. The van der Waals surface area contributed by atoms with E-state index in [9.17, 15) is 0 Å². The van der Waals surface area contributed by atoms with Gasteiger partial charge in [-0.1, -0.05) is 34.6 Å². The average molecular weight is 228 g/mol. The second kappa shape index (κ2) is 9.00. The van der Waals surface area contributed by atoms with Crippen LogP contribution >= 0.6 is 0 Å². The summed E-state index contributed by atoms with van der Waals surface area (Å²) >= 11 is 0. The van der Waals surface area contributed by atoms with Crippen molar-refractivity contribution in [3.8, 4) is 0 Å². The molecule has 0 saturated heterocycles. The maximum absolute atomic E-state index is 3.60. The van der Waals surface area contributed by atoms with Gasteiger partial charge in [0.05, 0.1) is 0 Å². The highest BCUT2D eigenvalue weighted by atomic mass is 15.1. The molecule has 0 aliphatic heterocycles. The molecule has 0 amide bonds. The molecule has 2 nitrogen and oxygen atoms in total. The molecule has 0 aromatic rings. The number of hydrogen-bond acceptors (Lipinski definition) is 2. The van der Waals surface area contributed by atoms with E-state index in [1.165, 1.54) is 45.4 Å². The monoisotopic (exact) mass is 228 g/mol. The molecule has 0 atom stereocenters. The Kier molecular flexibility index (Phi) is 8.96. The van der Waals surface area contributed by atoms with Crippen LogP contribution in [0.2, 0.25) is 0 Å². The molecule has 2 heteroatoms. The summed E-state index contributed by atoms with van der Waals surface area (Å²) in [6.45, 7) is 17.3. The van der Waals surface area contributed by atoms with E-state index in [1.807, 2.05) is 0 Å². The van der Waals surface area contributed by atoms with Gasteiger partial charge in [0.25, 0.3) is 0 Å². The number of nitrogens with one attached hydrogen (secondary N) is 1. The van der Waals surface area contributed by atoms with Gasteiger partial charge in [0.1, 0.15) is 0 Å². The van der Waals surface area contributed by atoms with E-state index in [0.29, 0.717) is 5.41 Å². The second-order valence-corrected chi connectivity index (χ2v) is 4.85. The van der Waals surface area contributed by atoms with E-state index in [-0.39, 0.29) is 0 Å². The van der Waals surface area contributed by atoms with Crippen LogP contribution in [0.4, 0.5) is 0 Å². The van der Waals surface area contributed by atoms with Crippen molar-refractivity contribution in [2.75, 3.05) is 32.7 Å². The Bertz CT molecular complexity index is 149. The van der Waals surface area contributed by atoms with Gasteiger partial charge in [0, 0.05) is 13.1 Å². The minimum atomic E-state index is 0.473. The van der Waals surface area contributed by atoms with Crippen molar-refractivity contribution < 1.29 is 0 Å². The van der Waals surface area contributed by atoms with E-state index in [0.717, 1.165) is 6.54 Å². The quantitative estimate of drug-likeness (QED) is 0.578. The van der Waals surface area contributed by atoms with Crippen LogP contribution < -0.4 is 5.32 Å². The van der Waals surface area contributed by atoms with Gasteiger partial charge in [-0.25, -0.2) is 0 Å². The highest BCUT2D eigenvalue weighted by Gasteiger charge is 2.27. The lowest BCUT2D eigenvalue weighted by Gasteiger charge is -2.37. The van der Waals surface area contributed by atoms with E-state index in [1.54, 1.807) is 0 Å². The highest BCUT2D eigenvalue weighted by molar-refractivity contribution is 4.82. The SMILES string of the molecule is CCCNCC(CC)(CC)CN(CC)CC. The molecule has 0 aliphatic rings. The molecule has 0 unspecified atom stereocenters. The van der Waals surface area contributed by atoms with E-state index < -0.39 is 0 Å². The Morgan fingerprint density at radius 1 is 0.938 bits per heavy atom. The van der Waals surface area contributed by atoms with Crippen molar-refractivity contribution in [3.63, 3.8) is 0 Å². The molecule has 0 aromatic carbocycles. The molecule has 0 spiro atoms. The summed E-state index contributed by atoms with van der Waals surface area (Å²) in [6.07, 6.45) is 3.78. The topological polar surface area (TPSA) is 15.3 Å². The molecule has 0 fully saturated rings. The van der Waals surface area contributed by atoms with Crippen molar-refractivity contribution in [1.29, 1.82) is 0 Å². The summed E-state index contributed by atoms with van der Waals surface area (Å²) in [4.78, 5) is 2.56. The third kappa shape index (κ3) is 5.31. The molecule has 0 aliphatic carbocycles. The minimum Gasteiger partial charge on any atom is -0.316 e. The zero-order valence-electron chi connectivity index (χ0n) is 12.1. The summed E-state index contributed by atoms with van der Waals surface area (Å²) in [6, 6.07) is 0. The van der Waals surface area contributed by atoms with Crippen molar-refractivity contribution >= 4 is 0 Å². The first kappa shape index (κ1) is 15.9. The van der Waals surface area contributed by atoms with Crippen molar-refractivity contribution in [3.05, 3.63) is 0 Å². The molecular weight excluding hydrogens is 196 g/mol. The molecule has 1 N–H and O–H groups in total. The summed E-state index contributed by atoms with van der Waals surface area (Å²) in [5.74, 6) is 0. The molecule has 0 aromatic heterocycles. The van der Waals surface area contributed by atoms with Gasteiger partial charge >= 0.3 is 0 Å². The van der Waals surface area contributed by atoms with Crippen molar-refractivity contribution in [2.24, 2.45) is 5.41 Å². The highest BCUT2D eigenvalue weighted by Crippen LogP contribution is 2.26. The van der Waals surface area contributed by atoms with Gasteiger partial charge in [-0.2, -0.15) is 0 Å². The zero-order valence-corrected chi connectivity index (χ0v) is 12.1. The van der Waals surface area contributed by atoms with Gasteiger partial charge in [-0.3, -0.25) is 0 Å². The van der Waals surface area contributed by atoms with Crippen LogP contribution in [-0.4, -0.2) is 37.6 Å². The molecule has 0 bridgehead atoms. The third-order valence-electron chi connectivity index (χ3n) is 3.88. The lowest BCUT2D eigenvalue weighted by molar-refractivity contribution is 0.143. The normalized spacial score (nSPS) is 12.4. The molecule has 0 heterocycles. The molecule has 0 radical (unpaired) electrons. The number of rotatable bonds is 10. The van der Waals surface area contributed by atoms with Crippen LogP contribution in [0.15, 0.2) is 0 Å². The van der Waals surface area contributed by atoms with Crippen LogP contribution in [0.25, 0.3) is 0 Å². The van der Waals surface area contributed by atoms with Crippen LogP contribution in [0, 0.1) is 5.41 Å². The molecule has 98 valence electrons. The van der Waals surface area contributed by atoms with E-state index in [2.05, 4.69) is 44.8 Å². The lowest BCUT2D eigenvalue weighted by Crippen LogP contribution is -2.43. The molecule has 16 heavy (non-hydrogen) atoms. The summed E-state index contributed by atoms with van der Waals surface area (Å²) in [5.41, 5.74) is 0.473. The minimum absolute atomic E-state index is 0.473. The first-order valence-corrected chi connectivity index (χ1v) is 7.11. The van der Waals surface area contributed by atoms with Crippen LogP contribution in [0.1, 0.15) is 53.9 Å². The lowest BCUT2D eigenvalue weighted by atomic mass is 9.81. The second-order valence-electron chi connectivity index (χ2n) is 4.85. The van der Waals surface area contributed by atoms with E-state index >= 15 is 0 Å². The Labute approximate surface area is 103 Å². The fraction of sp³-hybridized carbons (Fsp3) is 1.00. The molecule has 0 saturated carbocycles. The smallest absolute Gasteiger partial charge is 0.00497 e. The van der Waals surface area contributed by atoms with Gasteiger partial charge in [-0.05, 0) is 44.3 Å². The van der Waals surface area contributed by atoms with Crippen LogP contribution in [0.5, 0.6) is 0 Å². The Hall–Kier alpha value is -0.0800. The zero-order chi connectivity index (χ0) is 12.4. The van der Waals surface area contributed by atoms with Gasteiger partial charge in [-0.15, -0.1) is 0 Å². The maximum Gasteiger partial charge on any atom is 0.00497 e. The summed E-state index contributed by atoms with van der Waals surface area (Å²) in [5, 5.41) is 3.60. The number of nitrogens with zero attached hydrogens (tertiary/aromatic N) is 1. The molecule has 0 rings (SSSR count). The van der Waals surface area contributed by atoms with Crippen molar-refractivity contribution in [2.45, 2.75) is 53.9 Å². The van der Waals surface area contributed by atoms with E-state index in [4.69, 9.17) is 0 Å². The predicted molar refractivity (Wildman–Crippen MR) is 74.0 cm³/mol. The van der Waals surface area contributed by atoms with Crippen molar-refractivity contribution in [1.82, 2.24) is 10.2 Å². The Morgan fingerprint density at radius 2 is 1.50 bits per heavy atom. The predicted octanol–water partition coefficient (Wildman–Crippen LogP) is 3.13. The summed E-state index contributed by atoms with van der Waals surface area (Å²) in [7, 11) is 0. The largest absolute Gasteiger partial charge is 0.316 e.